The first-order chi connectivity index (χ1) is 13.9. The summed E-state index contributed by atoms with van der Waals surface area (Å²) >= 11 is 0. The average Bonchev–Trinajstić information content (AvgIpc) is 3.12. The molecule has 0 aliphatic carbocycles. The lowest BCUT2D eigenvalue weighted by molar-refractivity contribution is 0.168. The van der Waals surface area contributed by atoms with E-state index in [1.165, 1.54) is 32.5 Å². The van der Waals surface area contributed by atoms with Crippen molar-refractivity contribution >= 4 is 11.6 Å². The smallest absolute Gasteiger partial charge is 0.227 e. The molecule has 0 unspecified atom stereocenters. The maximum Gasteiger partial charge on any atom is 0.227 e. The van der Waals surface area contributed by atoms with Gasteiger partial charge in [-0.2, -0.15) is 5.10 Å². The quantitative estimate of drug-likeness (QED) is 0.595. The highest BCUT2D eigenvalue weighted by Crippen LogP contribution is 2.27. The lowest BCUT2D eigenvalue weighted by atomic mass is 10.1. The molecule has 3 rings (SSSR count). The van der Waals surface area contributed by atoms with Crippen molar-refractivity contribution in [2.75, 3.05) is 12.4 Å². The zero-order valence-corrected chi connectivity index (χ0v) is 16.2. The standard InChI is InChI=1S/C19H21F2N5O3/c1-11-4-16(28-3)18(21)15(17(11)20)10-29-14-6-22-19(23-7-14)25-13-5-24-26(9-13)8-12(2)27/h4-7,9,12,27H,8,10H2,1-3H3,(H,22,23,25)/t12-/m0/s1. The minimum Gasteiger partial charge on any atom is -0.494 e. The zero-order chi connectivity index (χ0) is 21.0. The Kier molecular flexibility index (Phi) is 6.23. The Morgan fingerprint density at radius 1 is 1.21 bits per heavy atom. The number of anilines is 2. The minimum atomic E-state index is -0.802. The molecule has 0 spiro atoms. The van der Waals surface area contributed by atoms with Gasteiger partial charge in [-0.1, -0.05) is 0 Å². The van der Waals surface area contributed by atoms with Gasteiger partial charge in [-0.25, -0.2) is 18.7 Å². The number of aryl methyl sites for hydroxylation is 1. The highest BCUT2D eigenvalue weighted by atomic mass is 19.1. The highest BCUT2D eigenvalue weighted by Gasteiger charge is 2.18. The molecule has 8 nitrogen and oxygen atoms in total. The van der Waals surface area contributed by atoms with Crippen molar-refractivity contribution in [1.82, 2.24) is 19.7 Å². The van der Waals surface area contributed by atoms with Crippen LogP contribution in [0, 0.1) is 18.6 Å². The third-order valence-corrected chi connectivity index (χ3v) is 4.01. The van der Waals surface area contributed by atoms with Crippen molar-refractivity contribution in [3.05, 3.63) is 53.6 Å². The Labute approximate surface area is 166 Å². The van der Waals surface area contributed by atoms with E-state index in [-0.39, 0.29) is 29.2 Å². The molecule has 0 amide bonds. The summed E-state index contributed by atoms with van der Waals surface area (Å²) in [7, 11) is 1.31. The first-order valence-corrected chi connectivity index (χ1v) is 8.81. The zero-order valence-electron chi connectivity index (χ0n) is 16.2. The highest BCUT2D eigenvalue weighted by molar-refractivity contribution is 5.50. The molecule has 154 valence electrons. The van der Waals surface area contributed by atoms with Crippen molar-refractivity contribution in [1.29, 1.82) is 0 Å². The van der Waals surface area contributed by atoms with Gasteiger partial charge in [-0.05, 0) is 25.5 Å². The molecular weight excluding hydrogens is 384 g/mol. The Hall–Kier alpha value is -3.27. The van der Waals surface area contributed by atoms with Crippen LogP contribution in [0.1, 0.15) is 18.1 Å². The van der Waals surface area contributed by atoms with Crippen LogP contribution in [0.3, 0.4) is 0 Å². The van der Waals surface area contributed by atoms with Crippen LogP contribution in [0.4, 0.5) is 20.4 Å². The largest absolute Gasteiger partial charge is 0.494 e. The van der Waals surface area contributed by atoms with Gasteiger partial charge in [0.2, 0.25) is 5.95 Å². The number of hydrogen-bond donors (Lipinski definition) is 2. The van der Waals surface area contributed by atoms with E-state index in [4.69, 9.17) is 9.47 Å². The van der Waals surface area contributed by atoms with E-state index in [2.05, 4.69) is 20.4 Å². The lowest BCUT2D eigenvalue weighted by Crippen LogP contribution is -2.11. The Bertz CT molecular complexity index is 977. The Balaban J connectivity index is 1.64. The number of aromatic nitrogens is 4. The van der Waals surface area contributed by atoms with Gasteiger partial charge < -0.3 is 19.9 Å². The van der Waals surface area contributed by atoms with Crippen LogP contribution in [-0.4, -0.2) is 38.1 Å². The molecule has 0 saturated carbocycles. The maximum atomic E-state index is 14.3. The van der Waals surface area contributed by atoms with Crippen LogP contribution in [0.15, 0.2) is 30.9 Å². The summed E-state index contributed by atoms with van der Waals surface area (Å²) in [5.74, 6) is -0.988. The molecule has 2 aromatic heterocycles. The summed E-state index contributed by atoms with van der Waals surface area (Å²) in [5, 5.41) is 16.4. The van der Waals surface area contributed by atoms with Crippen LogP contribution in [0.5, 0.6) is 11.5 Å². The second-order valence-corrected chi connectivity index (χ2v) is 6.46. The van der Waals surface area contributed by atoms with Crippen molar-refractivity contribution in [3.8, 4) is 11.5 Å². The molecule has 0 radical (unpaired) electrons. The summed E-state index contributed by atoms with van der Waals surface area (Å²) in [6, 6.07) is 1.29. The summed E-state index contributed by atoms with van der Waals surface area (Å²) in [6.45, 7) is 3.22. The summed E-state index contributed by atoms with van der Waals surface area (Å²) < 4.78 is 40.5. The number of halogens is 2. The third-order valence-electron chi connectivity index (χ3n) is 4.01. The van der Waals surface area contributed by atoms with Crippen LogP contribution in [0.25, 0.3) is 0 Å². The Morgan fingerprint density at radius 3 is 2.59 bits per heavy atom. The summed E-state index contributed by atoms with van der Waals surface area (Å²) in [6.07, 6.45) is 5.54. The van der Waals surface area contributed by atoms with Gasteiger partial charge in [0, 0.05) is 6.20 Å². The van der Waals surface area contributed by atoms with Crippen molar-refractivity contribution in [2.45, 2.75) is 33.1 Å². The van der Waals surface area contributed by atoms with Crippen molar-refractivity contribution < 1.29 is 23.4 Å². The predicted octanol–water partition coefficient (Wildman–Crippen LogP) is 2.97. The number of hydrogen-bond acceptors (Lipinski definition) is 7. The van der Waals surface area contributed by atoms with E-state index in [9.17, 15) is 13.9 Å². The van der Waals surface area contributed by atoms with E-state index in [0.29, 0.717) is 18.2 Å². The van der Waals surface area contributed by atoms with E-state index in [1.807, 2.05) is 0 Å². The van der Waals surface area contributed by atoms with Gasteiger partial charge in [-0.15, -0.1) is 0 Å². The normalized spacial score (nSPS) is 11.9. The summed E-state index contributed by atoms with van der Waals surface area (Å²) in [5.41, 5.74) is 0.679. The summed E-state index contributed by atoms with van der Waals surface area (Å²) in [4.78, 5) is 8.21. The van der Waals surface area contributed by atoms with Gasteiger partial charge in [0.05, 0.1) is 49.6 Å². The maximum absolute atomic E-state index is 14.3. The third kappa shape index (κ3) is 4.96. The molecule has 29 heavy (non-hydrogen) atoms. The van der Waals surface area contributed by atoms with Crippen LogP contribution in [-0.2, 0) is 13.2 Å². The van der Waals surface area contributed by atoms with Crippen molar-refractivity contribution in [3.63, 3.8) is 0 Å². The molecule has 0 aliphatic heterocycles. The van der Waals surface area contributed by atoms with Gasteiger partial charge in [-0.3, -0.25) is 4.68 Å². The Morgan fingerprint density at radius 2 is 1.93 bits per heavy atom. The fourth-order valence-corrected chi connectivity index (χ4v) is 2.62. The number of benzene rings is 1. The molecule has 2 heterocycles. The van der Waals surface area contributed by atoms with Gasteiger partial charge >= 0.3 is 0 Å². The first-order valence-electron chi connectivity index (χ1n) is 8.81. The second-order valence-electron chi connectivity index (χ2n) is 6.46. The van der Waals surface area contributed by atoms with Crippen LogP contribution in [0.2, 0.25) is 0 Å². The molecule has 10 heteroatoms. The molecule has 2 N–H and O–H groups in total. The topological polar surface area (TPSA) is 94.3 Å². The number of nitrogens with zero attached hydrogens (tertiary/aromatic N) is 4. The monoisotopic (exact) mass is 405 g/mol. The molecular formula is C19H21F2N5O3. The van der Waals surface area contributed by atoms with Gasteiger partial charge in [0.1, 0.15) is 12.4 Å². The number of rotatable bonds is 8. The fraction of sp³-hybridized carbons (Fsp3) is 0.316. The SMILES string of the molecule is COc1cc(C)c(F)c(COc2cnc(Nc3cnn(C[C@H](C)O)c3)nc2)c1F. The number of aliphatic hydroxyl groups excluding tert-OH is 1. The van der Waals surface area contributed by atoms with E-state index < -0.39 is 17.7 Å². The molecule has 0 aliphatic rings. The number of aliphatic hydroxyl groups is 1. The van der Waals surface area contributed by atoms with Crippen LogP contribution >= 0.6 is 0 Å². The predicted molar refractivity (Wildman–Crippen MR) is 101 cm³/mol. The van der Waals surface area contributed by atoms with Gasteiger partial charge in [0.25, 0.3) is 0 Å². The fourth-order valence-electron chi connectivity index (χ4n) is 2.62. The van der Waals surface area contributed by atoms with E-state index >= 15 is 0 Å². The molecule has 1 aromatic carbocycles. The molecule has 0 fully saturated rings. The van der Waals surface area contributed by atoms with Crippen LogP contribution < -0.4 is 14.8 Å². The molecule has 1 atom stereocenters. The number of methoxy groups -OCH3 is 1. The number of ether oxygens (including phenoxy) is 2. The van der Waals surface area contributed by atoms with E-state index in [1.54, 1.807) is 24.0 Å². The molecule has 0 saturated heterocycles. The van der Waals surface area contributed by atoms with Crippen molar-refractivity contribution in [2.24, 2.45) is 0 Å². The first kappa shape index (κ1) is 20.5. The lowest BCUT2D eigenvalue weighted by Gasteiger charge is -2.12. The minimum absolute atomic E-state index is 0.0468. The van der Waals surface area contributed by atoms with Gasteiger partial charge in [0.15, 0.2) is 17.3 Å². The average molecular weight is 405 g/mol. The molecule has 0 bridgehead atoms. The second kappa shape index (κ2) is 8.82. The number of nitrogens with one attached hydrogen (secondary N) is 1. The molecule has 3 aromatic rings. The van der Waals surface area contributed by atoms with E-state index in [0.717, 1.165) is 0 Å².